The van der Waals surface area contributed by atoms with E-state index in [4.69, 9.17) is 25.8 Å². The summed E-state index contributed by atoms with van der Waals surface area (Å²) >= 11 is 6.45. The van der Waals surface area contributed by atoms with Gasteiger partial charge in [-0.05, 0) is 30.9 Å². The second-order valence-electron chi connectivity index (χ2n) is 8.01. The van der Waals surface area contributed by atoms with Gasteiger partial charge in [0, 0.05) is 57.8 Å². The predicted molar refractivity (Wildman–Crippen MR) is 122 cm³/mol. The van der Waals surface area contributed by atoms with Crippen molar-refractivity contribution in [1.82, 2.24) is 14.9 Å². The Morgan fingerprint density at radius 1 is 1.22 bits per heavy atom. The highest BCUT2D eigenvalue weighted by atomic mass is 35.5. The molecule has 3 heterocycles. The average molecular weight is 461 g/mol. The lowest BCUT2D eigenvalue weighted by Gasteiger charge is -2.24. The Kier molecular flexibility index (Phi) is 7.57. The van der Waals surface area contributed by atoms with Crippen LogP contribution in [0, 0.1) is 0 Å². The van der Waals surface area contributed by atoms with E-state index in [0.29, 0.717) is 42.0 Å². The molecule has 1 unspecified atom stereocenters. The van der Waals surface area contributed by atoms with Crippen LogP contribution in [-0.4, -0.2) is 74.0 Å². The molecule has 4 rings (SSSR count). The lowest BCUT2D eigenvalue weighted by molar-refractivity contribution is 0.0607. The maximum atomic E-state index is 13.2. The Bertz CT molecular complexity index is 952. The number of hydrogen-bond acceptors (Lipinski definition) is 7. The summed E-state index contributed by atoms with van der Waals surface area (Å²) in [5.74, 6) is 0.522. The number of fused-ring (bicyclic) bond motifs is 1. The van der Waals surface area contributed by atoms with Crippen molar-refractivity contribution in [2.75, 3.05) is 52.5 Å². The number of halogens is 1. The molecule has 2 aromatic rings. The highest BCUT2D eigenvalue weighted by molar-refractivity contribution is 6.33. The largest absolute Gasteiger partial charge is 0.385 e. The summed E-state index contributed by atoms with van der Waals surface area (Å²) in [6.45, 7) is 3.04. The summed E-state index contributed by atoms with van der Waals surface area (Å²) in [5, 5.41) is 3.82. The number of hydrogen-bond donors (Lipinski definition) is 1. The second-order valence-corrected chi connectivity index (χ2v) is 8.42. The highest BCUT2D eigenvalue weighted by Gasteiger charge is 2.36. The van der Waals surface area contributed by atoms with Gasteiger partial charge in [0.2, 0.25) is 5.95 Å². The topological polar surface area (TPSA) is 85.8 Å². The monoisotopic (exact) mass is 460 g/mol. The summed E-state index contributed by atoms with van der Waals surface area (Å²) in [4.78, 5) is 24.1. The molecule has 0 saturated carbocycles. The molecule has 8 nitrogen and oxygen atoms in total. The van der Waals surface area contributed by atoms with E-state index < -0.39 is 0 Å². The van der Waals surface area contributed by atoms with E-state index in [0.717, 1.165) is 43.6 Å². The van der Waals surface area contributed by atoms with E-state index in [1.54, 1.807) is 20.4 Å². The Labute approximate surface area is 193 Å². The number of methoxy groups -OCH3 is 2. The third-order valence-corrected chi connectivity index (χ3v) is 6.26. The number of carbonyl (C=O) groups is 1. The van der Waals surface area contributed by atoms with Gasteiger partial charge in [-0.25, -0.2) is 9.97 Å². The Hall–Kier alpha value is -2.26. The molecule has 1 fully saturated rings. The SMILES string of the molecule is COCCC1c2ccc(-c3nc(NC4CCOCC4)ncc3Cl)cc2C(=O)N1CCOC. The average Bonchev–Trinajstić information content (AvgIpc) is 3.08. The Morgan fingerprint density at radius 2 is 2.00 bits per heavy atom. The van der Waals surface area contributed by atoms with Crippen LogP contribution in [0.3, 0.4) is 0 Å². The molecule has 1 N–H and O–H groups in total. The molecule has 1 aromatic carbocycles. The first-order chi connectivity index (χ1) is 15.6. The number of rotatable bonds is 9. The third-order valence-electron chi connectivity index (χ3n) is 5.98. The fourth-order valence-corrected chi connectivity index (χ4v) is 4.50. The van der Waals surface area contributed by atoms with E-state index >= 15 is 0 Å². The maximum absolute atomic E-state index is 13.2. The van der Waals surface area contributed by atoms with Gasteiger partial charge in [-0.1, -0.05) is 23.7 Å². The number of aromatic nitrogens is 2. The number of benzene rings is 1. The number of ether oxygens (including phenoxy) is 3. The molecule has 32 heavy (non-hydrogen) atoms. The zero-order chi connectivity index (χ0) is 22.5. The highest BCUT2D eigenvalue weighted by Crippen LogP contribution is 2.38. The summed E-state index contributed by atoms with van der Waals surface area (Å²) < 4.78 is 15.9. The van der Waals surface area contributed by atoms with E-state index in [9.17, 15) is 4.79 Å². The molecule has 2 aliphatic rings. The van der Waals surface area contributed by atoms with Crippen molar-refractivity contribution in [2.24, 2.45) is 0 Å². The van der Waals surface area contributed by atoms with Crippen molar-refractivity contribution in [3.8, 4) is 11.3 Å². The molecule has 1 saturated heterocycles. The predicted octanol–water partition coefficient (Wildman–Crippen LogP) is 3.57. The van der Waals surface area contributed by atoms with Crippen molar-refractivity contribution in [3.05, 3.63) is 40.5 Å². The van der Waals surface area contributed by atoms with Crippen molar-refractivity contribution in [1.29, 1.82) is 0 Å². The minimum atomic E-state index is -0.0340. The summed E-state index contributed by atoms with van der Waals surface area (Å²) in [5.41, 5.74) is 3.07. The summed E-state index contributed by atoms with van der Waals surface area (Å²) in [6, 6.07) is 6.10. The minimum absolute atomic E-state index is 0.00858. The molecule has 0 radical (unpaired) electrons. The van der Waals surface area contributed by atoms with E-state index in [-0.39, 0.29) is 18.0 Å². The number of amides is 1. The van der Waals surface area contributed by atoms with Gasteiger partial charge < -0.3 is 24.4 Å². The zero-order valence-corrected chi connectivity index (χ0v) is 19.2. The van der Waals surface area contributed by atoms with Gasteiger partial charge in [0.05, 0.1) is 29.6 Å². The molecule has 1 aromatic heterocycles. The van der Waals surface area contributed by atoms with Gasteiger partial charge in [0.1, 0.15) is 0 Å². The summed E-state index contributed by atoms with van der Waals surface area (Å²) in [6.07, 6.45) is 4.16. The van der Waals surface area contributed by atoms with Gasteiger partial charge in [0.15, 0.2) is 0 Å². The van der Waals surface area contributed by atoms with Gasteiger partial charge >= 0.3 is 0 Å². The molecule has 172 valence electrons. The van der Waals surface area contributed by atoms with E-state index in [1.165, 1.54) is 0 Å². The Balaban J connectivity index is 1.62. The maximum Gasteiger partial charge on any atom is 0.254 e. The van der Waals surface area contributed by atoms with Crippen LogP contribution in [0.15, 0.2) is 24.4 Å². The van der Waals surface area contributed by atoms with Crippen LogP contribution in [0.1, 0.15) is 41.2 Å². The number of carbonyl (C=O) groups excluding carboxylic acids is 1. The van der Waals surface area contributed by atoms with Crippen molar-refractivity contribution in [3.63, 3.8) is 0 Å². The third kappa shape index (κ3) is 4.88. The fraction of sp³-hybridized carbons (Fsp3) is 0.522. The van der Waals surface area contributed by atoms with Crippen LogP contribution in [0.25, 0.3) is 11.3 Å². The van der Waals surface area contributed by atoms with Crippen LogP contribution in [-0.2, 0) is 14.2 Å². The van der Waals surface area contributed by atoms with Crippen molar-refractivity contribution in [2.45, 2.75) is 31.3 Å². The first-order valence-electron chi connectivity index (χ1n) is 10.9. The molecular formula is C23H29ClN4O4. The van der Waals surface area contributed by atoms with Gasteiger partial charge in [-0.15, -0.1) is 0 Å². The molecule has 1 atom stereocenters. The first-order valence-corrected chi connectivity index (χ1v) is 11.3. The molecule has 1 amide bonds. The van der Waals surface area contributed by atoms with Crippen molar-refractivity contribution < 1.29 is 19.0 Å². The molecule has 0 spiro atoms. The Morgan fingerprint density at radius 3 is 2.75 bits per heavy atom. The lowest BCUT2D eigenvalue weighted by Crippen LogP contribution is -2.31. The number of anilines is 1. The molecular weight excluding hydrogens is 432 g/mol. The normalized spacial score (nSPS) is 18.8. The lowest BCUT2D eigenvalue weighted by atomic mass is 9.99. The van der Waals surface area contributed by atoms with Gasteiger partial charge in [-0.3, -0.25) is 4.79 Å². The zero-order valence-electron chi connectivity index (χ0n) is 18.5. The minimum Gasteiger partial charge on any atom is -0.385 e. The van der Waals surface area contributed by atoms with Crippen LogP contribution < -0.4 is 5.32 Å². The van der Waals surface area contributed by atoms with Gasteiger partial charge in [-0.2, -0.15) is 0 Å². The molecule has 9 heteroatoms. The van der Waals surface area contributed by atoms with E-state index in [1.807, 2.05) is 23.1 Å². The first kappa shape index (κ1) is 22.9. The van der Waals surface area contributed by atoms with Crippen LogP contribution in [0.2, 0.25) is 5.02 Å². The van der Waals surface area contributed by atoms with Gasteiger partial charge in [0.25, 0.3) is 5.91 Å². The second kappa shape index (κ2) is 10.6. The standard InChI is InChI=1S/C23H29ClN4O4/c1-30-9-7-20-17-4-3-15(13-18(17)22(29)28(20)8-12-31-2)21-19(24)14-25-23(27-21)26-16-5-10-32-11-6-16/h3-4,13-14,16,20H,5-12H2,1-2H3,(H,25,26,27). The summed E-state index contributed by atoms with van der Waals surface area (Å²) in [7, 11) is 3.31. The van der Waals surface area contributed by atoms with E-state index in [2.05, 4.69) is 15.3 Å². The molecule has 0 bridgehead atoms. The van der Waals surface area contributed by atoms with Crippen LogP contribution in [0.4, 0.5) is 5.95 Å². The molecule has 2 aliphatic heterocycles. The van der Waals surface area contributed by atoms with Crippen molar-refractivity contribution >= 4 is 23.5 Å². The number of nitrogens with one attached hydrogen (secondary N) is 1. The van der Waals surface area contributed by atoms with Crippen LogP contribution >= 0.6 is 11.6 Å². The quantitative estimate of drug-likeness (QED) is 0.612. The fourth-order valence-electron chi connectivity index (χ4n) is 4.29. The number of nitrogens with zero attached hydrogens (tertiary/aromatic N) is 3. The molecule has 0 aliphatic carbocycles. The van der Waals surface area contributed by atoms with Crippen LogP contribution in [0.5, 0.6) is 0 Å². The smallest absolute Gasteiger partial charge is 0.254 e.